The van der Waals surface area contributed by atoms with Gasteiger partial charge < -0.3 is 9.88 Å². The van der Waals surface area contributed by atoms with Crippen LogP contribution in [-0.2, 0) is 6.42 Å². The van der Waals surface area contributed by atoms with Crippen LogP contribution < -0.4 is 4.90 Å². The summed E-state index contributed by atoms with van der Waals surface area (Å²) in [6, 6.07) is 9.92. The average molecular weight is 438 g/mol. The summed E-state index contributed by atoms with van der Waals surface area (Å²) in [7, 11) is 0. The highest BCUT2D eigenvalue weighted by atomic mass is 15.3. The molecule has 1 aromatic carbocycles. The normalized spacial score (nSPS) is 14.5. The number of aryl methyl sites for hydroxylation is 2. The van der Waals surface area contributed by atoms with Crippen LogP contribution in [0.3, 0.4) is 0 Å². The predicted molar refractivity (Wildman–Crippen MR) is 132 cm³/mol. The summed E-state index contributed by atoms with van der Waals surface area (Å²) in [5, 5.41) is 1.18. The van der Waals surface area contributed by atoms with Crippen molar-refractivity contribution in [1.29, 1.82) is 0 Å². The number of fused-ring (bicyclic) bond motifs is 1. The number of nitrogens with one attached hydrogen (secondary N) is 1. The zero-order valence-corrected chi connectivity index (χ0v) is 18.8. The SMILES string of the molecule is [C-]#[N+]c1ccc2[nH]cc(CCCN3CCN(c4ncc(-c5ccc(C)nc5)cn4)CC3)c2c1. The highest BCUT2D eigenvalue weighted by Gasteiger charge is 2.19. The zero-order valence-electron chi connectivity index (χ0n) is 18.8. The number of pyridine rings is 1. The number of hydrogen-bond acceptors (Lipinski definition) is 5. The van der Waals surface area contributed by atoms with Crippen molar-refractivity contribution < 1.29 is 0 Å². The zero-order chi connectivity index (χ0) is 22.6. The summed E-state index contributed by atoms with van der Waals surface area (Å²) in [6.07, 6.45) is 9.85. The highest BCUT2D eigenvalue weighted by molar-refractivity contribution is 5.86. The number of nitrogens with zero attached hydrogens (tertiary/aromatic N) is 6. The Morgan fingerprint density at radius 2 is 1.76 bits per heavy atom. The Balaban J connectivity index is 1.12. The summed E-state index contributed by atoms with van der Waals surface area (Å²) in [5.41, 5.74) is 6.14. The van der Waals surface area contributed by atoms with Gasteiger partial charge in [-0.15, -0.1) is 0 Å². The number of anilines is 1. The summed E-state index contributed by atoms with van der Waals surface area (Å²) in [4.78, 5) is 25.2. The molecule has 3 aromatic heterocycles. The summed E-state index contributed by atoms with van der Waals surface area (Å²) in [6.45, 7) is 14.2. The molecule has 0 amide bonds. The molecule has 0 atom stereocenters. The molecule has 166 valence electrons. The topological polar surface area (TPSA) is 65.3 Å². The largest absolute Gasteiger partial charge is 0.361 e. The van der Waals surface area contributed by atoms with Gasteiger partial charge in [-0.1, -0.05) is 12.1 Å². The number of rotatable bonds is 6. The number of benzene rings is 1. The second kappa shape index (κ2) is 9.39. The van der Waals surface area contributed by atoms with Crippen LogP contribution in [0, 0.1) is 13.5 Å². The van der Waals surface area contributed by atoms with Crippen LogP contribution in [0.5, 0.6) is 0 Å². The van der Waals surface area contributed by atoms with Crippen molar-refractivity contribution in [2.24, 2.45) is 0 Å². The predicted octanol–water partition coefficient (Wildman–Crippen LogP) is 4.63. The van der Waals surface area contributed by atoms with Gasteiger partial charge in [0.05, 0.1) is 6.57 Å². The number of piperazine rings is 1. The third kappa shape index (κ3) is 4.71. The Morgan fingerprint density at radius 1 is 0.970 bits per heavy atom. The number of hydrogen-bond donors (Lipinski definition) is 1. The Hall–Kier alpha value is -3.76. The highest BCUT2D eigenvalue weighted by Crippen LogP contribution is 2.25. The van der Waals surface area contributed by atoms with Crippen LogP contribution in [0.25, 0.3) is 26.9 Å². The fourth-order valence-electron chi connectivity index (χ4n) is 4.38. The molecule has 7 heteroatoms. The third-order valence-electron chi connectivity index (χ3n) is 6.34. The maximum atomic E-state index is 7.24. The van der Waals surface area contributed by atoms with Gasteiger partial charge >= 0.3 is 0 Å². The number of aromatic amines is 1. The number of aromatic nitrogens is 4. The van der Waals surface area contributed by atoms with Crippen molar-refractivity contribution in [3.05, 3.63) is 77.8 Å². The van der Waals surface area contributed by atoms with Crippen molar-refractivity contribution >= 4 is 22.5 Å². The van der Waals surface area contributed by atoms with Gasteiger partial charge in [0.25, 0.3) is 0 Å². The quantitative estimate of drug-likeness (QED) is 0.446. The lowest BCUT2D eigenvalue weighted by Crippen LogP contribution is -2.47. The monoisotopic (exact) mass is 437 g/mol. The van der Waals surface area contributed by atoms with E-state index >= 15 is 0 Å². The van der Waals surface area contributed by atoms with E-state index in [1.54, 1.807) is 0 Å². The van der Waals surface area contributed by atoms with Crippen LogP contribution in [0.2, 0.25) is 0 Å². The van der Waals surface area contributed by atoms with Crippen LogP contribution in [0.15, 0.2) is 55.1 Å². The Kier molecular flexibility index (Phi) is 6.01. The molecule has 1 aliphatic rings. The van der Waals surface area contributed by atoms with E-state index in [-0.39, 0.29) is 0 Å². The molecule has 7 nitrogen and oxygen atoms in total. The van der Waals surface area contributed by atoms with E-state index in [1.165, 1.54) is 10.9 Å². The van der Waals surface area contributed by atoms with Gasteiger partial charge in [-0.25, -0.2) is 14.8 Å². The van der Waals surface area contributed by atoms with Gasteiger partial charge in [0.1, 0.15) is 0 Å². The van der Waals surface area contributed by atoms with Gasteiger partial charge in [0.2, 0.25) is 5.95 Å². The first-order chi connectivity index (χ1) is 16.2. The summed E-state index contributed by atoms with van der Waals surface area (Å²) < 4.78 is 0. The van der Waals surface area contributed by atoms with E-state index in [0.717, 1.165) is 73.9 Å². The number of H-pyrrole nitrogens is 1. The van der Waals surface area contributed by atoms with E-state index < -0.39 is 0 Å². The van der Waals surface area contributed by atoms with E-state index in [0.29, 0.717) is 5.69 Å². The first-order valence-corrected chi connectivity index (χ1v) is 11.4. The molecule has 0 spiro atoms. The van der Waals surface area contributed by atoms with Crippen molar-refractivity contribution in [2.45, 2.75) is 19.8 Å². The molecule has 4 aromatic rings. The molecule has 0 bridgehead atoms. The lowest BCUT2D eigenvalue weighted by molar-refractivity contribution is 0.254. The molecule has 5 rings (SSSR count). The molecule has 1 fully saturated rings. The minimum atomic E-state index is 0.699. The van der Waals surface area contributed by atoms with Crippen molar-refractivity contribution in [2.75, 3.05) is 37.6 Å². The first-order valence-electron chi connectivity index (χ1n) is 11.4. The van der Waals surface area contributed by atoms with Gasteiger partial charge in [-0.05, 0) is 55.5 Å². The Labute approximate surface area is 193 Å². The van der Waals surface area contributed by atoms with Gasteiger partial charge in [-0.2, -0.15) is 0 Å². The van der Waals surface area contributed by atoms with E-state index in [2.05, 4.69) is 46.8 Å². The van der Waals surface area contributed by atoms with E-state index in [1.807, 2.05) is 49.8 Å². The average Bonchev–Trinajstić information content (AvgIpc) is 3.27. The standard InChI is InChI=1S/C26H27N7/c1-19-5-6-20(15-28-19)22-17-30-26(31-18-22)33-12-10-32(11-13-33)9-3-4-21-16-29-25-8-7-23(27-2)14-24(21)25/h5-8,14-18,29H,3-4,9-13H2,1H3. The fourth-order valence-corrected chi connectivity index (χ4v) is 4.38. The molecule has 1 aliphatic heterocycles. The molecular weight excluding hydrogens is 410 g/mol. The van der Waals surface area contributed by atoms with E-state index in [9.17, 15) is 0 Å². The molecule has 0 unspecified atom stereocenters. The Bertz CT molecular complexity index is 1260. The van der Waals surface area contributed by atoms with Gasteiger partial charge in [0.15, 0.2) is 5.69 Å². The minimum Gasteiger partial charge on any atom is -0.361 e. The Morgan fingerprint density at radius 3 is 2.48 bits per heavy atom. The van der Waals surface area contributed by atoms with Crippen LogP contribution >= 0.6 is 0 Å². The maximum Gasteiger partial charge on any atom is 0.225 e. The molecule has 0 saturated carbocycles. The molecule has 1 N–H and O–H groups in total. The van der Waals surface area contributed by atoms with Gasteiger partial charge in [0, 0.05) is 73.3 Å². The van der Waals surface area contributed by atoms with Crippen molar-refractivity contribution in [3.8, 4) is 11.1 Å². The summed E-state index contributed by atoms with van der Waals surface area (Å²) in [5.74, 6) is 0.799. The molecule has 4 heterocycles. The maximum absolute atomic E-state index is 7.24. The molecule has 33 heavy (non-hydrogen) atoms. The third-order valence-corrected chi connectivity index (χ3v) is 6.34. The van der Waals surface area contributed by atoms with Crippen molar-refractivity contribution in [3.63, 3.8) is 0 Å². The lowest BCUT2D eigenvalue weighted by atomic mass is 10.1. The van der Waals surface area contributed by atoms with Crippen LogP contribution in [0.1, 0.15) is 17.7 Å². The molecule has 0 radical (unpaired) electrons. The van der Waals surface area contributed by atoms with E-state index in [4.69, 9.17) is 6.57 Å². The molecule has 0 aliphatic carbocycles. The second-order valence-electron chi connectivity index (χ2n) is 8.55. The fraction of sp³-hybridized carbons (Fsp3) is 0.308. The van der Waals surface area contributed by atoms with Crippen LogP contribution in [-0.4, -0.2) is 57.6 Å². The minimum absolute atomic E-state index is 0.699. The summed E-state index contributed by atoms with van der Waals surface area (Å²) >= 11 is 0. The van der Waals surface area contributed by atoms with Gasteiger partial charge in [-0.3, -0.25) is 9.88 Å². The van der Waals surface area contributed by atoms with Crippen LogP contribution in [0.4, 0.5) is 11.6 Å². The van der Waals surface area contributed by atoms with Crippen molar-refractivity contribution in [1.82, 2.24) is 24.8 Å². The smallest absolute Gasteiger partial charge is 0.225 e. The molecule has 1 saturated heterocycles. The second-order valence-corrected chi connectivity index (χ2v) is 8.55. The first kappa shape index (κ1) is 21.1. The lowest BCUT2D eigenvalue weighted by Gasteiger charge is -2.34. The molecular formula is C26H27N7.